The number of esters is 1. The summed E-state index contributed by atoms with van der Waals surface area (Å²) < 4.78 is 11.4. The molecule has 0 saturated heterocycles. The second-order valence-electron chi connectivity index (χ2n) is 10.1. The van der Waals surface area contributed by atoms with Gasteiger partial charge in [0.05, 0.1) is 17.9 Å². The van der Waals surface area contributed by atoms with E-state index in [1.54, 1.807) is 0 Å². The maximum absolute atomic E-state index is 12.6. The summed E-state index contributed by atoms with van der Waals surface area (Å²) in [6, 6.07) is 19.4. The molecule has 0 bridgehead atoms. The van der Waals surface area contributed by atoms with Gasteiger partial charge in [0.1, 0.15) is 5.75 Å². The third-order valence-electron chi connectivity index (χ3n) is 6.85. The Kier molecular flexibility index (Phi) is 13.6. The van der Waals surface area contributed by atoms with E-state index >= 15 is 0 Å². The van der Waals surface area contributed by atoms with Crippen LogP contribution in [-0.4, -0.2) is 17.6 Å². The van der Waals surface area contributed by atoms with Crippen molar-refractivity contribution in [2.24, 2.45) is 0 Å². The molecule has 0 aliphatic rings. The molecule has 0 aliphatic carbocycles. The summed E-state index contributed by atoms with van der Waals surface area (Å²) in [5.41, 5.74) is 4.78. The number of rotatable bonds is 18. The Morgan fingerprint density at radius 1 is 0.684 bits per heavy atom. The van der Waals surface area contributed by atoms with E-state index in [0.717, 1.165) is 36.3 Å². The Bertz CT molecular complexity index is 1040. The van der Waals surface area contributed by atoms with Crippen LogP contribution in [0.1, 0.15) is 106 Å². The highest BCUT2D eigenvalue weighted by atomic mass is 16.5. The fourth-order valence-electron chi connectivity index (χ4n) is 4.45. The molecule has 0 fully saturated rings. The second kappa shape index (κ2) is 17.5. The molecule has 0 N–H and O–H groups in total. The average molecular weight is 516 g/mol. The molecule has 38 heavy (non-hydrogen) atoms. The fourth-order valence-corrected chi connectivity index (χ4v) is 4.45. The maximum Gasteiger partial charge on any atom is 0.343 e. The van der Waals surface area contributed by atoms with E-state index in [4.69, 9.17) is 9.47 Å². The Balaban J connectivity index is 1.41. The van der Waals surface area contributed by atoms with E-state index in [2.05, 4.69) is 24.9 Å². The molecule has 3 aromatic rings. The lowest BCUT2D eigenvalue weighted by atomic mass is 10.0. The molecule has 1 aromatic heterocycles. The predicted molar refractivity (Wildman–Crippen MR) is 157 cm³/mol. The number of pyridine rings is 1. The average Bonchev–Trinajstić information content (AvgIpc) is 2.95. The van der Waals surface area contributed by atoms with Gasteiger partial charge in [0.25, 0.3) is 0 Å². The van der Waals surface area contributed by atoms with Crippen molar-refractivity contribution in [3.05, 3.63) is 83.6 Å². The number of ether oxygens (including phenoxy) is 2. The van der Waals surface area contributed by atoms with Crippen LogP contribution in [0, 0.1) is 0 Å². The van der Waals surface area contributed by atoms with Crippen molar-refractivity contribution in [3.63, 3.8) is 0 Å². The van der Waals surface area contributed by atoms with Crippen molar-refractivity contribution >= 4 is 5.97 Å². The van der Waals surface area contributed by atoms with E-state index in [-0.39, 0.29) is 5.97 Å². The van der Waals surface area contributed by atoms with Crippen molar-refractivity contribution in [3.8, 4) is 17.0 Å². The second-order valence-corrected chi connectivity index (χ2v) is 10.1. The van der Waals surface area contributed by atoms with Crippen LogP contribution in [0.2, 0.25) is 0 Å². The summed E-state index contributed by atoms with van der Waals surface area (Å²) in [5.74, 6) is 0.191. The highest BCUT2D eigenvalue weighted by molar-refractivity contribution is 5.91. The van der Waals surface area contributed by atoms with E-state index in [0.29, 0.717) is 17.9 Å². The van der Waals surface area contributed by atoms with Gasteiger partial charge in [-0.05, 0) is 72.9 Å². The summed E-state index contributed by atoms with van der Waals surface area (Å²) in [5, 5.41) is 0. The largest absolute Gasteiger partial charge is 0.423 e. The number of aryl methyl sites for hydroxylation is 1. The quantitative estimate of drug-likeness (QED) is 0.0962. The molecule has 2 aromatic carbocycles. The molecule has 0 atom stereocenters. The molecule has 3 rings (SSSR count). The highest BCUT2D eigenvalue weighted by Crippen LogP contribution is 2.22. The molecule has 4 nitrogen and oxygen atoms in total. The molecule has 0 saturated carbocycles. The van der Waals surface area contributed by atoms with E-state index in [9.17, 15) is 4.79 Å². The van der Waals surface area contributed by atoms with Gasteiger partial charge in [-0.15, -0.1) is 0 Å². The fraction of sp³-hybridized carbons (Fsp3) is 0.471. The number of aromatic nitrogens is 1. The van der Waals surface area contributed by atoms with Crippen molar-refractivity contribution < 1.29 is 14.3 Å². The van der Waals surface area contributed by atoms with Gasteiger partial charge < -0.3 is 9.47 Å². The molecule has 204 valence electrons. The monoisotopic (exact) mass is 515 g/mol. The van der Waals surface area contributed by atoms with Gasteiger partial charge in [0.15, 0.2) is 0 Å². The van der Waals surface area contributed by atoms with Gasteiger partial charge in [0, 0.05) is 18.4 Å². The standard InChI is InChI=1S/C34H45NO3/c1-3-5-7-9-10-11-12-14-28-15-18-31(19-16-28)34(36)38-32-22-20-30(21-23-32)33-24-17-29(26-35-33)27-37-25-13-8-6-4-2/h15-24,26H,3-14,25,27H2,1-2H3. The topological polar surface area (TPSA) is 48.4 Å². The maximum atomic E-state index is 12.6. The summed E-state index contributed by atoms with van der Waals surface area (Å²) in [6.07, 6.45) is 16.9. The molecule has 1 heterocycles. The molecule has 0 spiro atoms. The number of hydrogen-bond donors (Lipinski definition) is 0. The zero-order valence-electron chi connectivity index (χ0n) is 23.4. The van der Waals surface area contributed by atoms with Crippen LogP contribution in [0.25, 0.3) is 11.3 Å². The molecular weight excluding hydrogens is 470 g/mol. The zero-order chi connectivity index (χ0) is 26.8. The molecule has 0 aliphatic heterocycles. The number of benzene rings is 2. The molecule has 0 unspecified atom stereocenters. The smallest absolute Gasteiger partial charge is 0.343 e. The predicted octanol–water partition coefficient (Wildman–Crippen LogP) is 9.36. The first-order valence-electron chi connectivity index (χ1n) is 14.6. The van der Waals surface area contributed by atoms with E-state index in [1.165, 1.54) is 69.8 Å². The molecule has 4 heteroatoms. The van der Waals surface area contributed by atoms with Crippen LogP contribution in [0.4, 0.5) is 0 Å². The number of carbonyl (C=O) groups excluding carboxylic acids is 1. The Morgan fingerprint density at radius 2 is 1.32 bits per heavy atom. The van der Waals surface area contributed by atoms with Gasteiger partial charge in [0.2, 0.25) is 0 Å². The third kappa shape index (κ3) is 10.8. The summed E-state index contributed by atoms with van der Waals surface area (Å²) in [6.45, 7) is 5.85. The van der Waals surface area contributed by atoms with Gasteiger partial charge in [-0.1, -0.05) is 89.8 Å². The lowest BCUT2D eigenvalue weighted by Crippen LogP contribution is -2.08. The van der Waals surface area contributed by atoms with Crippen molar-refractivity contribution in [1.29, 1.82) is 0 Å². The van der Waals surface area contributed by atoms with E-state index in [1.807, 2.05) is 60.8 Å². The molecule has 0 radical (unpaired) electrons. The number of nitrogens with zero attached hydrogens (tertiary/aromatic N) is 1. The minimum Gasteiger partial charge on any atom is -0.423 e. The normalized spacial score (nSPS) is 11.0. The van der Waals surface area contributed by atoms with Crippen LogP contribution < -0.4 is 4.74 Å². The minimum absolute atomic E-state index is 0.336. The van der Waals surface area contributed by atoms with Gasteiger partial charge >= 0.3 is 5.97 Å². The van der Waals surface area contributed by atoms with Crippen molar-refractivity contribution in [2.45, 2.75) is 97.5 Å². The zero-order valence-corrected chi connectivity index (χ0v) is 23.4. The van der Waals surface area contributed by atoms with Crippen LogP contribution in [0.3, 0.4) is 0 Å². The number of carbonyl (C=O) groups is 1. The van der Waals surface area contributed by atoms with Crippen molar-refractivity contribution in [1.82, 2.24) is 4.98 Å². The first-order chi connectivity index (χ1) is 18.7. The summed E-state index contributed by atoms with van der Waals surface area (Å²) in [7, 11) is 0. The molecular formula is C34H45NO3. The minimum atomic E-state index is -0.336. The lowest BCUT2D eigenvalue weighted by Gasteiger charge is -2.08. The lowest BCUT2D eigenvalue weighted by molar-refractivity contribution is 0.0734. The number of hydrogen-bond acceptors (Lipinski definition) is 4. The Morgan fingerprint density at radius 3 is 1.97 bits per heavy atom. The summed E-state index contributed by atoms with van der Waals surface area (Å²) in [4.78, 5) is 17.2. The van der Waals surface area contributed by atoms with Crippen LogP contribution >= 0.6 is 0 Å². The SMILES string of the molecule is CCCCCCCCCc1ccc(C(=O)Oc2ccc(-c3ccc(COCCCCCC)cn3)cc2)cc1. The van der Waals surface area contributed by atoms with Crippen LogP contribution in [0.15, 0.2) is 66.9 Å². The van der Waals surface area contributed by atoms with Gasteiger partial charge in [-0.3, -0.25) is 4.98 Å². The first-order valence-corrected chi connectivity index (χ1v) is 14.6. The Labute approximate surface area is 229 Å². The van der Waals surface area contributed by atoms with E-state index < -0.39 is 0 Å². The van der Waals surface area contributed by atoms with Gasteiger partial charge in [-0.2, -0.15) is 0 Å². The Hall–Kier alpha value is -2.98. The van der Waals surface area contributed by atoms with Crippen LogP contribution in [0.5, 0.6) is 5.75 Å². The first kappa shape index (κ1) is 29.6. The highest BCUT2D eigenvalue weighted by Gasteiger charge is 2.09. The van der Waals surface area contributed by atoms with Crippen molar-refractivity contribution in [2.75, 3.05) is 6.61 Å². The van der Waals surface area contributed by atoms with Crippen LogP contribution in [-0.2, 0) is 17.8 Å². The summed E-state index contributed by atoms with van der Waals surface area (Å²) >= 11 is 0. The third-order valence-corrected chi connectivity index (χ3v) is 6.85. The number of unbranched alkanes of at least 4 members (excludes halogenated alkanes) is 9. The van der Waals surface area contributed by atoms with Gasteiger partial charge in [-0.25, -0.2) is 4.79 Å². The molecule has 0 amide bonds.